The third-order valence-electron chi connectivity index (χ3n) is 3.67. The van der Waals surface area contributed by atoms with Gasteiger partial charge in [0, 0.05) is 18.9 Å². The maximum Gasteiger partial charge on any atom is 0.0300 e. The summed E-state index contributed by atoms with van der Waals surface area (Å²) in [4.78, 5) is 4.13. The number of nitrogens with one attached hydrogen (secondary N) is 1. The molecule has 1 aliphatic rings. The molecular weight excluding hydrogens is 232 g/mol. The molecule has 1 saturated carbocycles. The van der Waals surface area contributed by atoms with Crippen LogP contribution in [0.5, 0.6) is 0 Å². The van der Waals surface area contributed by atoms with Crippen molar-refractivity contribution in [1.29, 1.82) is 0 Å². The minimum absolute atomic E-state index is 0.854. The van der Waals surface area contributed by atoms with Crippen molar-refractivity contribution >= 4 is 0 Å². The molecule has 0 atom stereocenters. The van der Waals surface area contributed by atoms with Crippen LogP contribution < -0.4 is 5.32 Å². The van der Waals surface area contributed by atoms with Crippen molar-refractivity contribution in [3.8, 4) is 0 Å². The summed E-state index contributed by atoms with van der Waals surface area (Å²) < 4.78 is 0. The second-order valence-corrected chi connectivity index (χ2v) is 5.30. The van der Waals surface area contributed by atoms with Gasteiger partial charge in [0.15, 0.2) is 0 Å². The van der Waals surface area contributed by atoms with E-state index in [1.54, 1.807) is 0 Å². The Morgan fingerprint density at radius 2 is 1.89 bits per heavy atom. The van der Waals surface area contributed by atoms with E-state index in [1.165, 1.54) is 29.5 Å². The van der Waals surface area contributed by atoms with Crippen LogP contribution in [0.15, 0.2) is 48.8 Å². The maximum atomic E-state index is 4.13. The van der Waals surface area contributed by atoms with Crippen LogP contribution in [0.25, 0.3) is 0 Å². The highest BCUT2D eigenvalue weighted by atomic mass is 14.8. The smallest absolute Gasteiger partial charge is 0.0300 e. The zero-order valence-corrected chi connectivity index (χ0v) is 11.2. The van der Waals surface area contributed by atoms with Crippen molar-refractivity contribution in [2.45, 2.75) is 31.7 Å². The lowest BCUT2D eigenvalue weighted by molar-refractivity contribution is 0.686. The Hall–Kier alpha value is -1.67. The topological polar surface area (TPSA) is 24.9 Å². The van der Waals surface area contributed by atoms with E-state index in [0.717, 1.165) is 25.4 Å². The summed E-state index contributed by atoms with van der Waals surface area (Å²) in [6.45, 7) is 1.95. The zero-order valence-electron chi connectivity index (χ0n) is 11.2. The van der Waals surface area contributed by atoms with E-state index in [1.807, 2.05) is 18.5 Å². The number of hydrogen-bond acceptors (Lipinski definition) is 2. The van der Waals surface area contributed by atoms with Gasteiger partial charge in [0.2, 0.25) is 0 Å². The molecule has 3 rings (SSSR count). The number of benzene rings is 1. The van der Waals surface area contributed by atoms with Crippen LogP contribution in [-0.4, -0.2) is 11.5 Å². The molecule has 0 radical (unpaired) electrons. The van der Waals surface area contributed by atoms with Gasteiger partial charge in [0.1, 0.15) is 0 Å². The van der Waals surface area contributed by atoms with Gasteiger partial charge < -0.3 is 5.32 Å². The van der Waals surface area contributed by atoms with Crippen LogP contribution in [-0.2, 0) is 13.0 Å². The predicted molar refractivity (Wildman–Crippen MR) is 78.1 cm³/mol. The van der Waals surface area contributed by atoms with Crippen LogP contribution >= 0.6 is 0 Å². The normalized spacial score (nSPS) is 14.5. The largest absolute Gasteiger partial charge is 0.312 e. The van der Waals surface area contributed by atoms with Crippen LogP contribution in [0.4, 0.5) is 0 Å². The fourth-order valence-electron chi connectivity index (χ4n) is 2.34. The molecule has 0 unspecified atom stereocenters. The molecule has 1 aromatic heterocycles. The Morgan fingerprint density at radius 3 is 2.58 bits per heavy atom. The first-order valence-corrected chi connectivity index (χ1v) is 7.10. The first-order chi connectivity index (χ1) is 9.42. The fourth-order valence-corrected chi connectivity index (χ4v) is 2.34. The SMILES string of the molecule is c1cncc(CCNCc2ccc(C3CC3)cc2)c1. The minimum Gasteiger partial charge on any atom is -0.312 e. The van der Waals surface area contributed by atoms with E-state index in [0.29, 0.717) is 0 Å². The Morgan fingerprint density at radius 1 is 1.05 bits per heavy atom. The number of pyridine rings is 1. The average molecular weight is 252 g/mol. The lowest BCUT2D eigenvalue weighted by atomic mass is 10.1. The molecule has 1 N–H and O–H groups in total. The van der Waals surface area contributed by atoms with Gasteiger partial charge >= 0.3 is 0 Å². The lowest BCUT2D eigenvalue weighted by Crippen LogP contribution is -2.16. The molecule has 2 aromatic rings. The molecule has 19 heavy (non-hydrogen) atoms. The van der Waals surface area contributed by atoms with E-state index in [-0.39, 0.29) is 0 Å². The van der Waals surface area contributed by atoms with Crippen LogP contribution in [0.3, 0.4) is 0 Å². The summed E-state index contributed by atoms with van der Waals surface area (Å²) >= 11 is 0. The average Bonchev–Trinajstić information content (AvgIpc) is 3.30. The van der Waals surface area contributed by atoms with Crippen molar-refractivity contribution < 1.29 is 0 Å². The van der Waals surface area contributed by atoms with Gasteiger partial charge in [0.25, 0.3) is 0 Å². The van der Waals surface area contributed by atoms with Gasteiger partial charge in [-0.2, -0.15) is 0 Å². The van der Waals surface area contributed by atoms with Gasteiger partial charge in [-0.15, -0.1) is 0 Å². The van der Waals surface area contributed by atoms with Gasteiger partial charge in [-0.3, -0.25) is 4.98 Å². The number of nitrogens with zero attached hydrogens (tertiary/aromatic N) is 1. The van der Waals surface area contributed by atoms with Crippen LogP contribution in [0.2, 0.25) is 0 Å². The molecule has 1 heterocycles. The molecular formula is C17H20N2. The summed E-state index contributed by atoms with van der Waals surface area (Å²) in [6, 6.07) is 13.2. The number of rotatable bonds is 6. The van der Waals surface area contributed by atoms with Crippen molar-refractivity contribution in [2.75, 3.05) is 6.54 Å². The first-order valence-electron chi connectivity index (χ1n) is 7.10. The van der Waals surface area contributed by atoms with E-state index in [4.69, 9.17) is 0 Å². The van der Waals surface area contributed by atoms with E-state index < -0.39 is 0 Å². The Bertz CT molecular complexity index is 501. The standard InChI is InChI=1S/C17H20N2/c1-2-14(12-18-10-1)9-11-19-13-15-3-5-16(6-4-15)17-7-8-17/h1-6,10,12,17,19H,7-9,11,13H2. The summed E-state index contributed by atoms with van der Waals surface area (Å²) in [7, 11) is 0. The first kappa shape index (κ1) is 12.4. The van der Waals surface area contributed by atoms with Crippen molar-refractivity contribution in [3.63, 3.8) is 0 Å². The van der Waals surface area contributed by atoms with Gasteiger partial charge in [-0.25, -0.2) is 0 Å². The molecule has 0 saturated heterocycles. The molecule has 1 fully saturated rings. The molecule has 0 bridgehead atoms. The number of aromatic nitrogens is 1. The highest BCUT2D eigenvalue weighted by molar-refractivity contribution is 5.27. The summed E-state index contributed by atoms with van der Waals surface area (Å²) in [6.07, 6.45) is 7.55. The van der Waals surface area contributed by atoms with Crippen molar-refractivity contribution in [2.24, 2.45) is 0 Å². The Labute approximate surface area is 114 Å². The second kappa shape index (κ2) is 5.98. The highest BCUT2D eigenvalue weighted by Gasteiger charge is 2.22. The zero-order chi connectivity index (χ0) is 12.9. The summed E-state index contributed by atoms with van der Waals surface area (Å²) in [5.41, 5.74) is 4.17. The van der Waals surface area contributed by atoms with Crippen molar-refractivity contribution in [3.05, 3.63) is 65.5 Å². The summed E-state index contributed by atoms with van der Waals surface area (Å²) in [5.74, 6) is 0.854. The van der Waals surface area contributed by atoms with E-state index >= 15 is 0 Å². The Kier molecular flexibility index (Phi) is 3.89. The second-order valence-electron chi connectivity index (χ2n) is 5.30. The molecule has 0 spiro atoms. The molecule has 0 amide bonds. The molecule has 2 heteroatoms. The lowest BCUT2D eigenvalue weighted by Gasteiger charge is -2.06. The Balaban J connectivity index is 1.42. The van der Waals surface area contributed by atoms with E-state index in [9.17, 15) is 0 Å². The monoisotopic (exact) mass is 252 g/mol. The van der Waals surface area contributed by atoms with Crippen molar-refractivity contribution in [1.82, 2.24) is 10.3 Å². The minimum atomic E-state index is 0.854. The van der Waals surface area contributed by atoms with E-state index in [2.05, 4.69) is 40.6 Å². The predicted octanol–water partition coefficient (Wildman–Crippen LogP) is 3.29. The third kappa shape index (κ3) is 3.65. The highest BCUT2D eigenvalue weighted by Crippen LogP contribution is 2.39. The number of hydrogen-bond donors (Lipinski definition) is 1. The quantitative estimate of drug-likeness (QED) is 0.798. The van der Waals surface area contributed by atoms with Crippen LogP contribution in [0.1, 0.15) is 35.4 Å². The summed E-state index contributed by atoms with van der Waals surface area (Å²) in [5, 5.41) is 3.49. The molecule has 1 aromatic carbocycles. The third-order valence-corrected chi connectivity index (χ3v) is 3.67. The van der Waals surface area contributed by atoms with Gasteiger partial charge in [-0.05, 0) is 54.5 Å². The van der Waals surface area contributed by atoms with Crippen LogP contribution in [0, 0.1) is 0 Å². The molecule has 2 nitrogen and oxygen atoms in total. The fraction of sp³-hybridized carbons (Fsp3) is 0.353. The molecule has 98 valence electrons. The molecule has 1 aliphatic carbocycles. The maximum absolute atomic E-state index is 4.13. The molecule has 0 aliphatic heterocycles. The van der Waals surface area contributed by atoms with Gasteiger partial charge in [0.05, 0.1) is 0 Å². The van der Waals surface area contributed by atoms with Gasteiger partial charge in [-0.1, -0.05) is 30.3 Å².